The molecule has 18 heavy (non-hydrogen) atoms. The summed E-state index contributed by atoms with van der Waals surface area (Å²) in [6.45, 7) is 2.02. The Labute approximate surface area is 120 Å². The van der Waals surface area contributed by atoms with Crippen LogP contribution in [0.3, 0.4) is 0 Å². The van der Waals surface area contributed by atoms with Gasteiger partial charge in [0.2, 0.25) is 0 Å². The van der Waals surface area contributed by atoms with Crippen molar-refractivity contribution in [2.75, 3.05) is 5.73 Å². The number of nitrogens with zero attached hydrogens (tertiary/aromatic N) is 2. The predicted octanol–water partition coefficient (Wildman–Crippen LogP) is 4.01. The zero-order chi connectivity index (χ0) is 12.9. The quantitative estimate of drug-likeness (QED) is 0.704. The van der Waals surface area contributed by atoms with E-state index in [0.29, 0.717) is 21.9 Å². The van der Waals surface area contributed by atoms with Gasteiger partial charge in [-0.1, -0.05) is 0 Å². The van der Waals surface area contributed by atoms with Crippen LogP contribution in [0.2, 0.25) is 0 Å². The summed E-state index contributed by atoms with van der Waals surface area (Å²) in [5, 5.41) is 0. The third-order valence-electron chi connectivity index (χ3n) is 2.70. The Balaban J connectivity index is 2.26. The van der Waals surface area contributed by atoms with Crippen molar-refractivity contribution in [3.63, 3.8) is 0 Å². The maximum Gasteiger partial charge on any atom is 0.184 e. The molecule has 0 aliphatic carbocycles. The van der Waals surface area contributed by atoms with E-state index in [1.54, 1.807) is 0 Å². The van der Waals surface area contributed by atoms with Crippen LogP contribution in [0.15, 0.2) is 38.0 Å². The first kappa shape index (κ1) is 11.8. The molecule has 4 nitrogen and oxygen atoms in total. The molecule has 3 aromatic heterocycles. The second-order valence-corrected chi connectivity index (χ2v) is 5.58. The Morgan fingerprint density at radius 1 is 1.33 bits per heavy atom. The molecule has 6 heteroatoms. The molecule has 0 fully saturated rings. The van der Waals surface area contributed by atoms with Gasteiger partial charge in [-0.05, 0) is 56.5 Å². The van der Waals surface area contributed by atoms with Crippen molar-refractivity contribution in [2.45, 2.75) is 6.92 Å². The van der Waals surface area contributed by atoms with E-state index in [2.05, 4.69) is 36.8 Å². The summed E-state index contributed by atoms with van der Waals surface area (Å²) in [6, 6.07) is 5.81. The van der Waals surface area contributed by atoms with E-state index in [1.165, 1.54) is 0 Å². The van der Waals surface area contributed by atoms with Gasteiger partial charge in [-0.2, -0.15) is 0 Å². The smallest absolute Gasteiger partial charge is 0.184 e. The molecule has 0 unspecified atom stereocenters. The van der Waals surface area contributed by atoms with Crippen molar-refractivity contribution < 1.29 is 4.42 Å². The van der Waals surface area contributed by atoms with Crippen LogP contribution in [0.4, 0.5) is 5.82 Å². The SMILES string of the molecule is Cc1ccn2c(N)c(-c3cc(Br)c(Br)o3)nc2c1. The minimum absolute atomic E-state index is 0.568. The number of aromatic nitrogens is 2. The van der Waals surface area contributed by atoms with E-state index in [4.69, 9.17) is 10.2 Å². The lowest BCUT2D eigenvalue weighted by atomic mass is 10.3. The molecular weight excluding hydrogens is 362 g/mol. The van der Waals surface area contributed by atoms with Crippen molar-refractivity contribution in [3.05, 3.63) is 39.1 Å². The lowest BCUT2D eigenvalue weighted by Gasteiger charge is -1.97. The number of anilines is 1. The van der Waals surface area contributed by atoms with Gasteiger partial charge in [0, 0.05) is 12.3 Å². The van der Waals surface area contributed by atoms with Crippen LogP contribution in [-0.2, 0) is 0 Å². The van der Waals surface area contributed by atoms with Gasteiger partial charge < -0.3 is 10.2 Å². The molecule has 0 saturated heterocycles. The van der Waals surface area contributed by atoms with Gasteiger partial charge in [-0.25, -0.2) is 4.98 Å². The average Bonchev–Trinajstić information content (AvgIpc) is 2.81. The van der Waals surface area contributed by atoms with E-state index < -0.39 is 0 Å². The lowest BCUT2D eigenvalue weighted by molar-refractivity contribution is 0.552. The average molecular weight is 371 g/mol. The number of nitrogens with two attached hydrogens (primary N) is 1. The zero-order valence-electron chi connectivity index (χ0n) is 9.45. The highest BCUT2D eigenvalue weighted by Gasteiger charge is 2.16. The number of pyridine rings is 1. The van der Waals surface area contributed by atoms with E-state index in [-0.39, 0.29) is 0 Å². The summed E-state index contributed by atoms with van der Waals surface area (Å²) < 4.78 is 8.86. The first-order valence-electron chi connectivity index (χ1n) is 5.25. The van der Waals surface area contributed by atoms with Gasteiger partial charge in [-0.3, -0.25) is 4.40 Å². The molecule has 0 aliphatic rings. The Morgan fingerprint density at radius 3 is 2.78 bits per heavy atom. The summed E-state index contributed by atoms with van der Waals surface area (Å²) in [6.07, 6.45) is 1.91. The van der Waals surface area contributed by atoms with E-state index >= 15 is 0 Å². The van der Waals surface area contributed by atoms with E-state index in [9.17, 15) is 0 Å². The maximum atomic E-state index is 6.09. The van der Waals surface area contributed by atoms with Crippen LogP contribution < -0.4 is 5.73 Å². The van der Waals surface area contributed by atoms with Gasteiger partial charge >= 0.3 is 0 Å². The highest BCUT2D eigenvalue weighted by atomic mass is 79.9. The molecule has 0 spiro atoms. The third-order valence-corrected chi connectivity index (χ3v) is 4.41. The van der Waals surface area contributed by atoms with Crippen LogP contribution in [0.5, 0.6) is 0 Å². The normalized spacial score (nSPS) is 11.3. The highest BCUT2D eigenvalue weighted by molar-refractivity contribution is 9.13. The van der Waals surface area contributed by atoms with Crippen LogP contribution in [0, 0.1) is 6.92 Å². The molecule has 0 atom stereocenters. The molecule has 0 bridgehead atoms. The maximum absolute atomic E-state index is 6.09. The second kappa shape index (κ2) is 4.13. The van der Waals surface area contributed by atoms with Crippen LogP contribution >= 0.6 is 31.9 Å². The second-order valence-electron chi connectivity index (χ2n) is 4.01. The van der Waals surface area contributed by atoms with Gasteiger partial charge in [-0.15, -0.1) is 0 Å². The fourth-order valence-corrected chi connectivity index (χ4v) is 2.39. The zero-order valence-corrected chi connectivity index (χ0v) is 12.6. The summed E-state index contributed by atoms with van der Waals surface area (Å²) in [5.74, 6) is 1.20. The van der Waals surface area contributed by atoms with Gasteiger partial charge in [0.1, 0.15) is 17.2 Å². The fourth-order valence-electron chi connectivity index (χ4n) is 1.81. The number of fused-ring (bicyclic) bond motifs is 1. The highest BCUT2D eigenvalue weighted by Crippen LogP contribution is 2.35. The number of imidazole rings is 1. The molecule has 0 radical (unpaired) electrons. The number of furan rings is 1. The topological polar surface area (TPSA) is 56.5 Å². The van der Waals surface area contributed by atoms with Crippen molar-refractivity contribution >= 4 is 43.3 Å². The lowest BCUT2D eigenvalue weighted by Crippen LogP contribution is -1.93. The Morgan fingerprint density at radius 2 is 2.11 bits per heavy atom. The van der Waals surface area contributed by atoms with Crippen molar-refractivity contribution in [3.8, 4) is 11.5 Å². The van der Waals surface area contributed by atoms with Gasteiger partial charge in [0.05, 0.1) is 4.47 Å². The number of halogens is 2. The largest absolute Gasteiger partial charge is 0.446 e. The summed E-state index contributed by atoms with van der Waals surface area (Å²) in [7, 11) is 0. The summed E-state index contributed by atoms with van der Waals surface area (Å²) in [4.78, 5) is 4.50. The van der Waals surface area contributed by atoms with Gasteiger partial charge in [0.25, 0.3) is 0 Å². The number of aryl methyl sites for hydroxylation is 1. The number of rotatable bonds is 1. The van der Waals surface area contributed by atoms with Crippen molar-refractivity contribution in [2.24, 2.45) is 0 Å². The van der Waals surface area contributed by atoms with Crippen LogP contribution in [0.25, 0.3) is 17.1 Å². The first-order valence-corrected chi connectivity index (χ1v) is 6.84. The molecule has 2 N–H and O–H groups in total. The van der Waals surface area contributed by atoms with Gasteiger partial charge in [0.15, 0.2) is 10.4 Å². The molecule has 0 amide bonds. The standard InChI is InChI=1S/C12H9Br2N3O/c1-6-2-3-17-9(4-6)16-10(12(17)15)8-5-7(13)11(14)18-8/h2-5H,15H2,1H3. The summed E-state index contributed by atoms with van der Waals surface area (Å²) in [5.41, 5.74) is 8.69. The molecule has 0 saturated carbocycles. The first-order chi connectivity index (χ1) is 8.56. The Bertz CT molecular complexity index is 726. The minimum Gasteiger partial charge on any atom is -0.446 e. The number of nitrogen functional groups attached to an aromatic ring is 1. The monoisotopic (exact) mass is 369 g/mol. The molecule has 0 aromatic carbocycles. The molecule has 0 aliphatic heterocycles. The minimum atomic E-state index is 0.568. The molecule has 3 heterocycles. The molecular formula is C12H9Br2N3O. The van der Waals surface area contributed by atoms with Crippen LogP contribution in [0.1, 0.15) is 5.56 Å². The van der Waals surface area contributed by atoms with E-state index in [1.807, 2.05) is 35.7 Å². The Hall–Kier alpha value is -1.27. The predicted molar refractivity (Wildman–Crippen MR) is 77.4 cm³/mol. The van der Waals surface area contributed by atoms with E-state index in [0.717, 1.165) is 15.7 Å². The molecule has 92 valence electrons. The number of hydrogen-bond donors (Lipinski definition) is 1. The summed E-state index contributed by atoms with van der Waals surface area (Å²) >= 11 is 6.68. The third kappa shape index (κ3) is 1.76. The van der Waals surface area contributed by atoms with Crippen molar-refractivity contribution in [1.29, 1.82) is 0 Å². The van der Waals surface area contributed by atoms with Crippen molar-refractivity contribution in [1.82, 2.24) is 9.38 Å². The van der Waals surface area contributed by atoms with Crippen LogP contribution in [-0.4, -0.2) is 9.38 Å². The molecule has 3 aromatic rings. The Kier molecular flexibility index (Phi) is 2.71. The number of hydrogen-bond acceptors (Lipinski definition) is 3. The fraction of sp³-hybridized carbons (Fsp3) is 0.0833. The molecule has 3 rings (SSSR count).